The number of fused-ring (bicyclic) bond motifs is 1. The van der Waals surface area contributed by atoms with E-state index in [1.807, 2.05) is 0 Å². The number of carbonyl (C=O) groups is 1. The molecule has 2 heteroatoms. The summed E-state index contributed by atoms with van der Waals surface area (Å²) in [6, 6.07) is 0. The van der Waals surface area contributed by atoms with Crippen LogP contribution in [0.4, 0.5) is 0 Å². The first-order valence-electron chi connectivity index (χ1n) is 4.44. The van der Waals surface area contributed by atoms with Gasteiger partial charge in [-0.25, -0.2) is 0 Å². The second-order valence-corrected chi connectivity index (χ2v) is 3.65. The topological polar surface area (TPSA) is 29.6 Å². The monoisotopic (exact) mass is 154 g/mol. The molecule has 2 fully saturated rings. The van der Waals surface area contributed by atoms with Gasteiger partial charge < -0.3 is 4.74 Å². The lowest BCUT2D eigenvalue weighted by molar-refractivity contribution is -0.122. The van der Waals surface area contributed by atoms with Gasteiger partial charge in [0.2, 0.25) is 0 Å². The fourth-order valence-electron chi connectivity index (χ4n) is 2.11. The number of carbonyl (C=O) groups excluding carboxylic acids is 1. The molecule has 62 valence electrons. The molecule has 2 unspecified atom stereocenters. The van der Waals surface area contributed by atoms with Gasteiger partial charge in [0.1, 0.15) is 0 Å². The second-order valence-electron chi connectivity index (χ2n) is 3.65. The lowest BCUT2D eigenvalue weighted by Crippen LogP contribution is -2.23. The van der Waals surface area contributed by atoms with Gasteiger partial charge in [-0.05, 0) is 19.8 Å². The van der Waals surface area contributed by atoms with Crippen LogP contribution in [0.15, 0.2) is 0 Å². The number of rotatable bonds is 1. The number of hydrogen-bond acceptors (Lipinski definition) is 2. The SMILES string of the molecule is CC(=O)C12CCCCCC1O2. The smallest absolute Gasteiger partial charge is 0.164 e. The Hall–Kier alpha value is -0.370. The first kappa shape index (κ1) is 7.29. The quantitative estimate of drug-likeness (QED) is 0.538. The number of Topliss-reactive ketones (excluding diaryl/α,β-unsaturated/α-hetero) is 1. The average Bonchev–Trinajstić information content (AvgIpc) is 2.57. The van der Waals surface area contributed by atoms with Crippen LogP contribution in [0.5, 0.6) is 0 Å². The lowest BCUT2D eigenvalue weighted by Gasteiger charge is -2.04. The van der Waals surface area contributed by atoms with E-state index in [1.54, 1.807) is 6.92 Å². The van der Waals surface area contributed by atoms with Crippen LogP contribution in [0.1, 0.15) is 39.0 Å². The Bertz CT molecular complexity index is 188. The molecule has 0 aromatic carbocycles. The minimum atomic E-state index is -0.309. The first-order valence-corrected chi connectivity index (χ1v) is 4.44. The van der Waals surface area contributed by atoms with Crippen LogP contribution >= 0.6 is 0 Å². The van der Waals surface area contributed by atoms with E-state index in [9.17, 15) is 4.79 Å². The van der Waals surface area contributed by atoms with Gasteiger partial charge >= 0.3 is 0 Å². The standard InChI is InChI=1S/C9H14O2/c1-7(10)9-6-4-2-3-5-8(9)11-9/h8H,2-6H2,1H3. The molecule has 0 N–H and O–H groups in total. The Labute approximate surface area is 66.9 Å². The molecule has 2 aliphatic rings. The molecular formula is C9H14O2. The van der Waals surface area contributed by atoms with Crippen LogP contribution in [-0.2, 0) is 9.53 Å². The largest absolute Gasteiger partial charge is 0.358 e. The van der Waals surface area contributed by atoms with Crippen molar-refractivity contribution in [2.45, 2.75) is 50.7 Å². The van der Waals surface area contributed by atoms with E-state index in [4.69, 9.17) is 4.74 Å². The van der Waals surface area contributed by atoms with Gasteiger partial charge in [0.05, 0.1) is 6.10 Å². The Balaban J connectivity index is 2.10. The Morgan fingerprint density at radius 1 is 1.45 bits per heavy atom. The summed E-state index contributed by atoms with van der Waals surface area (Å²) in [5.41, 5.74) is -0.309. The summed E-state index contributed by atoms with van der Waals surface area (Å²) in [4.78, 5) is 11.2. The van der Waals surface area contributed by atoms with E-state index in [2.05, 4.69) is 0 Å². The van der Waals surface area contributed by atoms with Crippen molar-refractivity contribution in [2.75, 3.05) is 0 Å². The molecule has 2 nitrogen and oxygen atoms in total. The summed E-state index contributed by atoms with van der Waals surface area (Å²) in [5, 5.41) is 0. The van der Waals surface area contributed by atoms with Crippen LogP contribution in [0, 0.1) is 0 Å². The summed E-state index contributed by atoms with van der Waals surface area (Å²) in [6.45, 7) is 1.66. The zero-order valence-corrected chi connectivity index (χ0v) is 6.93. The van der Waals surface area contributed by atoms with Gasteiger partial charge in [0.15, 0.2) is 11.4 Å². The molecule has 1 saturated heterocycles. The van der Waals surface area contributed by atoms with Gasteiger partial charge in [-0.3, -0.25) is 4.79 Å². The summed E-state index contributed by atoms with van der Waals surface area (Å²) in [6.07, 6.45) is 6.01. The van der Waals surface area contributed by atoms with Crippen molar-refractivity contribution >= 4 is 5.78 Å². The van der Waals surface area contributed by atoms with E-state index in [1.165, 1.54) is 12.8 Å². The molecule has 0 spiro atoms. The number of ether oxygens (including phenoxy) is 1. The predicted octanol–water partition coefficient (Wildman–Crippen LogP) is 1.68. The minimum absolute atomic E-state index is 0.240. The highest BCUT2D eigenvalue weighted by Gasteiger charge is 2.59. The molecule has 0 bridgehead atoms. The lowest BCUT2D eigenvalue weighted by atomic mass is 9.96. The fraction of sp³-hybridized carbons (Fsp3) is 0.889. The molecule has 2 rings (SSSR count). The molecule has 1 saturated carbocycles. The van der Waals surface area contributed by atoms with Crippen molar-refractivity contribution in [1.29, 1.82) is 0 Å². The Morgan fingerprint density at radius 3 is 3.00 bits per heavy atom. The third-order valence-electron chi connectivity index (χ3n) is 2.93. The molecule has 0 amide bonds. The minimum Gasteiger partial charge on any atom is -0.358 e. The van der Waals surface area contributed by atoms with E-state index in [0.29, 0.717) is 0 Å². The third kappa shape index (κ3) is 1.00. The molecule has 0 radical (unpaired) electrons. The maximum atomic E-state index is 11.2. The highest BCUT2D eigenvalue weighted by molar-refractivity contribution is 5.88. The number of ketones is 1. The van der Waals surface area contributed by atoms with Crippen LogP contribution in [0.25, 0.3) is 0 Å². The summed E-state index contributed by atoms with van der Waals surface area (Å²) < 4.78 is 5.46. The predicted molar refractivity (Wildman–Crippen MR) is 41.4 cm³/mol. The van der Waals surface area contributed by atoms with Crippen molar-refractivity contribution in [3.8, 4) is 0 Å². The van der Waals surface area contributed by atoms with Crippen LogP contribution in [0.3, 0.4) is 0 Å². The third-order valence-corrected chi connectivity index (χ3v) is 2.93. The van der Waals surface area contributed by atoms with E-state index >= 15 is 0 Å². The molecule has 2 atom stereocenters. The Kier molecular flexibility index (Phi) is 1.53. The molecular weight excluding hydrogens is 140 g/mol. The summed E-state index contributed by atoms with van der Waals surface area (Å²) >= 11 is 0. The molecule has 0 aromatic heterocycles. The van der Waals surface area contributed by atoms with E-state index in [0.717, 1.165) is 19.3 Å². The van der Waals surface area contributed by atoms with Gasteiger partial charge in [-0.2, -0.15) is 0 Å². The van der Waals surface area contributed by atoms with E-state index < -0.39 is 0 Å². The normalized spacial score (nSPS) is 42.5. The van der Waals surface area contributed by atoms with Crippen LogP contribution in [0.2, 0.25) is 0 Å². The zero-order chi connectivity index (χ0) is 7.90. The van der Waals surface area contributed by atoms with Gasteiger partial charge in [0, 0.05) is 0 Å². The molecule has 1 heterocycles. The first-order chi connectivity index (χ1) is 5.26. The van der Waals surface area contributed by atoms with Crippen LogP contribution < -0.4 is 0 Å². The highest BCUT2D eigenvalue weighted by atomic mass is 16.6. The Morgan fingerprint density at radius 2 is 2.27 bits per heavy atom. The molecule has 11 heavy (non-hydrogen) atoms. The van der Waals surface area contributed by atoms with Crippen molar-refractivity contribution < 1.29 is 9.53 Å². The van der Waals surface area contributed by atoms with Crippen molar-refractivity contribution in [1.82, 2.24) is 0 Å². The average molecular weight is 154 g/mol. The van der Waals surface area contributed by atoms with E-state index in [-0.39, 0.29) is 17.5 Å². The van der Waals surface area contributed by atoms with Gasteiger partial charge in [-0.15, -0.1) is 0 Å². The second kappa shape index (κ2) is 2.31. The number of hydrogen-bond donors (Lipinski definition) is 0. The highest BCUT2D eigenvalue weighted by Crippen LogP contribution is 2.46. The van der Waals surface area contributed by atoms with Crippen molar-refractivity contribution in [3.05, 3.63) is 0 Å². The molecule has 1 aliphatic carbocycles. The summed E-state index contributed by atoms with van der Waals surface area (Å²) in [5.74, 6) is 0.240. The van der Waals surface area contributed by atoms with Crippen molar-refractivity contribution in [2.24, 2.45) is 0 Å². The van der Waals surface area contributed by atoms with Crippen molar-refractivity contribution in [3.63, 3.8) is 0 Å². The zero-order valence-electron chi connectivity index (χ0n) is 6.93. The molecule has 0 aromatic rings. The van der Waals surface area contributed by atoms with Gasteiger partial charge in [-0.1, -0.05) is 19.3 Å². The van der Waals surface area contributed by atoms with Gasteiger partial charge in [0.25, 0.3) is 0 Å². The summed E-state index contributed by atoms with van der Waals surface area (Å²) in [7, 11) is 0. The maximum Gasteiger partial charge on any atom is 0.164 e. The fourth-order valence-corrected chi connectivity index (χ4v) is 2.11. The van der Waals surface area contributed by atoms with Crippen LogP contribution in [-0.4, -0.2) is 17.5 Å². The molecule has 1 aliphatic heterocycles. The maximum absolute atomic E-state index is 11.2. The number of epoxide rings is 1.